The fraction of sp³-hybridized carbons (Fsp3) is 0.733. The van der Waals surface area contributed by atoms with Crippen molar-refractivity contribution in [3.63, 3.8) is 0 Å². The van der Waals surface area contributed by atoms with E-state index in [2.05, 4.69) is 9.71 Å². The van der Waals surface area contributed by atoms with Crippen molar-refractivity contribution in [3.8, 4) is 0 Å². The molecule has 1 amide bonds. The Morgan fingerprint density at radius 2 is 2.04 bits per heavy atom. The van der Waals surface area contributed by atoms with Crippen LogP contribution in [0.5, 0.6) is 0 Å². The molecule has 128 valence electrons. The van der Waals surface area contributed by atoms with Gasteiger partial charge in [-0.3, -0.25) is 4.79 Å². The topological polar surface area (TPSA) is 79.4 Å². The van der Waals surface area contributed by atoms with Gasteiger partial charge in [0.05, 0.1) is 16.5 Å². The van der Waals surface area contributed by atoms with Gasteiger partial charge >= 0.3 is 0 Å². The maximum atomic E-state index is 12.6. The van der Waals surface area contributed by atoms with Gasteiger partial charge in [0, 0.05) is 19.1 Å². The normalized spacial score (nSPS) is 23.3. The molecular weight excluding hydrogens is 334 g/mol. The second-order valence-electron chi connectivity index (χ2n) is 6.43. The molecule has 1 atom stereocenters. The van der Waals surface area contributed by atoms with Crippen molar-refractivity contribution in [3.05, 3.63) is 16.1 Å². The number of aryl methyl sites for hydroxylation is 1. The van der Waals surface area contributed by atoms with Crippen molar-refractivity contribution in [1.82, 2.24) is 14.6 Å². The highest BCUT2D eigenvalue weighted by Crippen LogP contribution is 2.24. The van der Waals surface area contributed by atoms with E-state index < -0.39 is 15.3 Å². The molecule has 0 radical (unpaired) electrons. The van der Waals surface area contributed by atoms with Crippen LogP contribution in [-0.2, 0) is 10.0 Å². The predicted molar refractivity (Wildman–Crippen MR) is 90.1 cm³/mol. The third-order valence-electron chi connectivity index (χ3n) is 4.73. The van der Waals surface area contributed by atoms with E-state index in [-0.39, 0.29) is 18.5 Å². The standard InChI is InChI=1S/C15H23N3O3S2/c1-11-14(22-10-16-11)15(19)18-8-4-7-13(9-18)23(20,21)17-12-5-2-3-6-12/h10,12-13,17H,2-9H2,1H3/t13-/m1/s1. The van der Waals surface area contributed by atoms with Crippen molar-refractivity contribution in [2.45, 2.75) is 56.7 Å². The Morgan fingerprint density at radius 1 is 1.30 bits per heavy atom. The molecule has 23 heavy (non-hydrogen) atoms. The van der Waals surface area contributed by atoms with Crippen molar-refractivity contribution in [2.24, 2.45) is 0 Å². The molecular formula is C15H23N3O3S2. The molecule has 1 saturated carbocycles. The fourth-order valence-electron chi connectivity index (χ4n) is 3.40. The smallest absolute Gasteiger partial charge is 0.265 e. The Bertz CT molecular complexity index is 665. The third kappa shape index (κ3) is 3.75. The van der Waals surface area contributed by atoms with Crippen LogP contribution in [0.1, 0.15) is 53.9 Å². The number of aromatic nitrogens is 1. The molecule has 3 rings (SSSR count). The first-order valence-corrected chi connectivity index (χ1v) is 10.6. The second kappa shape index (κ2) is 6.86. The van der Waals surface area contributed by atoms with Gasteiger partial charge in [0.25, 0.3) is 5.91 Å². The molecule has 1 N–H and O–H groups in total. The third-order valence-corrected chi connectivity index (χ3v) is 7.57. The fourth-order valence-corrected chi connectivity index (χ4v) is 5.91. The van der Waals surface area contributed by atoms with E-state index in [0.717, 1.165) is 32.1 Å². The van der Waals surface area contributed by atoms with Crippen molar-refractivity contribution in [2.75, 3.05) is 13.1 Å². The molecule has 2 fully saturated rings. The summed E-state index contributed by atoms with van der Waals surface area (Å²) in [5.74, 6) is -0.0919. The summed E-state index contributed by atoms with van der Waals surface area (Å²) in [5, 5.41) is -0.506. The van der Waals surface area contributed by atoms with Gasteiger partial charge in [-0.15, -0.1) is 11.3 Å². The number of carbonyl (C=O) groups is 1. The number of hydrogen-bond acceptors (Lipinski definition) is 5. The molecule has 1 aromatic rings. The average Bonchev–Trinajstić information content (AvgIpc) is 3.18. The van der Waals surface area contributed by atoms with Gasteiger partial charge in [0.15, 0.2) is 0 Å². The maximum Gasteiger partial charge on any atom is 0.265 e. The zero-order chi connectivity index (χ0) is 16.4. The summed E-state index contributed by atoms with van der Waals surface area (Å²) in [7, 11) is -3.37. The highest BCUT2D eigenvalue weighted by Gasteiger charge is 2.35. The van der Waals surface area contributed by atoms with Gasteiger partial charge in [-0.05, 0) is 32.6 Å². The van der Waals surface area contributed by atoms with Gasteiger partial charge in [0.1, 0.15) is 4.88 Å². The van der Waals surface area contributed by atoms with Gasteiger partial charge in [-0.2, -0.15) is 0 Å². The first-order valence-electron chi connectivity index (χ1n) is 8.18. The molecule has 6 nitrogen and oxygen atoms in total. The minimum Gasteiger partial charge on any atom is -0.337 e. The second-order valence-corrected chi connectivity index (χ2v) is 9.27. The number of nitrogens with zero attached hydrogens (tertiary/aromatic N) is 2. The van der Waals surface area contributed by atoms with Crippen LogP contribution in [0, 0.1) is 6.92 Å². The zero-order valence-electron chi connectivity index (χ0n) is 13.3. The summed E-state index contributed by atoms with van der Waals surface area (Å²) in [5.41, 5.74) is 2.37. The van der Waals surface area contributed by atoms with Crippen LogP contribution in [0.3, 0.4) is 0 Å². The highest BCUT2D eigenvalue weighted by molar-refractivity contribution is 7.90. The van der Waals surface area contributed by atoms with E-state index in [0.29, 0.717) is 23.5 Å². The quantitative estimate of drug-likeness (QED) is 0.893. The number of thiazole rings is 1. The number of piperidine rings is 1. The Kier molecular flexibility index (Phi) is 5.03. The molecule has 0 unspecified atom stereocenters. The first-order chi connectivity index (χ1) is 11.0. The lowest BCUT2D eigenvalue weighted by atomic mass is 10.1. The van der Waals surface area contributed by atoms with Crippen LogP contribution in [0.15, 0.2) is 5.51 Å². The molecule has 8 heteroatoms. The lowest BCUT2D eigenvalue weighted by Crippen LogP contribution is -2.49. The molecule has 1 aliphatic heterocycles. The van der Waals surface area contributed by atoms with Crippen LogP contribution < -0.4 is 4.72 Å². The minimum atomic E-state index is -3.37. The summed E-state index contributed by atoms with van der Waals surface area (Å²) in [6.45, 7) is 2.70. The van der Waals surface area contributed by atoms with Crippen LogP contribution in [0.2, 0.25) is 0 Å². The molecule has 2 heterocycles. The summed E-state index contributed by atoms with van der Waals surface area (Å²) in [6, 6.07) is 0.0785. The summed E-state index contributed by atoms with van der Waals surface area (Å²) in [4.78, 5) is 19.0. The van der Waals surface area contributed by atoms with E-state index in [1.54, 1.807) is 10.4 Å². The van der Waals surface area contributed by atoms with Crippen molar-refractivity contribution in [1.29, 1.82) is 0 Å². The Balaban J connectivity index is 1.68. The molecule has 1 aliphatic carbocycles. The lowest BCUT2D eigenvalue weighted by molar-refractivity contribution is 0.0730. The molecule has 0 bridgehead atoms. The predicted octanol–water partition coefficient (Wildman–Crippen LogP) is 1.92. The number of nitrogens with one attached hydrogen (secondary N) is 1. The van der Waals surface area contributed by atoms with Gasteiger partial charge in [0.2, 0.25) is 10.0 Å². The maximum absolute atomic E-state index is 12.6. The number of sulfonamides is 1. The van der Waals surface area contributed by atoms with Crippen LogP contribution in [-0.4, -0.2) is 48.6 Å². The van der Waals surface area contributed by atoms with E-state index in [1.165, 1.54) is 11.3 Å². The number of carbonyl (C=O) groups excluding carboxylic acids is 1. The number of amides is 1. The van der Waals surface area contributed by atoms with Crippen LogP contribution in [0.25, 0.3) is 0 Å². The van der Waals surface area contributed by atoms with E-state index in [1.807, 2.05) is 6.92 Å². The monoisotopic (exact) mass is 357 g/mol. The van der Waals surface area contributed by atoms with Crippen molar-refractivity contribution < 1.29 is 13.2 Å². The summed E-state index contributed by atoms with van der Waals surface area (Å²) >= 11 is 1.32. The van der Waals surface area contributed by atoms with E-state index in [9.17, 15) is 13.2 Å². The van der Waals surface area contributed by atoms with Gasteiger partial charge < -0.3 is 4.90 Å². The largest absolute Gasteiger partial charge is 0.337 e. The molecule has 0 aromatic carbocycles. The zero-order valence-corrected chi connectivity index (χ0v) is 15.0. The molecule has 0 spiro atoms. The summed E-state index contributed by atoms with van der Waals surface area (Å²) < 4.78 is 28.1. The minimum absolute atomic E-state index is 0.0785. The number of hydrogen-bond donors (Lipinski definition) is 1. The molecule has 2 aliphatic rings. The first kappa shape index (κ1) is 16.9. The molecule has 1 aromatic heterocycles. The number of likely N-dealkylation sites (tertiary alicyclic amines) is 1. The lowest BCUT2D eigenvalue weighted by Gasteiger charge is -2.32. The highest BCUT2D eigenvalue weighted by atomic mass is 32.2. The average molecular weight is 358 g/mol. The Labute approximate surface area is 141 Å². The van der Waals surface area contributed by atoms with Gasteiger partial charge in [-0.25, -0.2) is 18.1 Å². The Morgan fingerprint density at radius 3 is 2.70 bits per heavy atom. The van der Waals surface area contributed by atoms with Gasteiger partial charge in [-0.1, -0.05) is 12.8 Å². The van der Waals surface area contributed by atoms with Crippen molar-refractivity contribution >= 4 is 27.3 Å². The molecule has 1 saturated heterocycles. The summed E-state index contributed by atoms with van der Waals surface area (Å²) in [6.07, 6.45) is 5.37. The number of rotatable bonds is 4. The van der Waals surface area contributed by atoms with Crippen LogP contribution in [0.4, 0.5) is 0 Å². The Hall–Kier alpha value is -0.990. The van der Waals surface area contributed by atoms with Crippen LogP contribution >= 0.6 is 11.3 Å². The SMILES string of the molecule is Cc1ncsc1C(=O)N1CCC[C@@H](S(=O)(=O)NC2CCCC2)C1. The van der Waals surface area contributed by atoms with E-state index >= 15 is 0 Å². The van der Waals surface area contributed by atoms with E-state index in [4.69, 9.17) is 0 Å².